The van der Waals surface area contributed by atoms with Gasteiger partial charge in [-0.15, -0.1) is 0 Å². The standard InChI is InChI=1S/C20H24N4OS/c1-4-23(5-2)18-11-7-6-10-17(18)15-26(25)20-22-13-14-24(20)19-16(3)9-8-12-21-19/h6-14H,4-5,15H2,1-3H3. The van der Waals surface area contributed by atoms with E-state index in [-0.39, 0.29) is 0 Å². The summed E-state index contributed by atoms with van der Waals surface area (Å²) in [4.78, 5) is 11.1. The molecule has 3 aromatic rings. The van der Waals surface area contributed by atoms with Crippen molar-refractivity contribution in [2.75, 3.05) is 18.0 Å². The van der Waals surface area contributed by atoms with E-state index in [2.05, 4.69) is 34.8 Å². The van der Waals surface area contributed by atoms with Crippen LogP contribution in [-0.2, 0) is 16.9 Å². The minimum atomic E-state index is -1.27. The molecule has 0 spiro atoms. The Morgan fingerprint density at radius 1 is 1.04 bits per heavy atom. The minimum absolute atomic E-state index is 0.426. The second-order valence-electron chi connectivity index (χ2n) is 6.01. The Morgan fingerprint density at radius 3 is 2.54 bits per heavy atom. The maximum Gasteiger partial charge on any atom is 0.329 e. The fourth-order valence-corrected chi connectivity index (χ4v) is 4.26. The molecular weight excluding hydrogens is 344 g/mol. The molecule has 1 unspecified atom stereocenters. The van der Waals surface area contributed by atoms with E-state index < -0.39 is 11.2 Å². The van der Waals surface area contributed by atoms with Crippen molar-refractivity contribution < 1.29 is 4.55 Å². The van der Waals surface area contributed by atoms with Crippen LogP contribution in [0.15, 0.2) is 60.1 Å². The third-order valence-electron chi connectivity index (χ3n) is 4.40. The number of anilines is 1. The maximum absolute atomic E-state index is 13.1. The molecule has 0 bridgehead atoms. The van der Waals surface area contributed by atoms with E-state index in [1.54, 1.807) is 12.4 Å². The molecule has 0 aliphatic rings. The van der Waals surface area contributed by atoms with Gasteiger partial charge in [-0.05, 0) is 38.5 Å². The number of aryl methyl sites for hydroxylation is 1. The first kappa shape index (κ1) is 18.5. The highest BCUT2D eigenvalue weighted by atomic mass is 32.2. The van der Waals surface area contributed by atoms with Crippen molar-refractivity contribution in [2.45, 2.75) is 31.7 Å². The van der Waals surface area contributed by atoms with Gasteiger partial charge in [0.1, 0.15) is 11.6 Å². The lowest BCUT2D eigenvalue weighted by molar-refractivity contribution is 0.581. The predicted molar refractivity (Wildman–Crippen MR) is 106 cm³/mol. The van der Waals surface area contributed by atoms with Crippen molar-refractivity contribution in [3.8, 4) is 5.82 Å². The number of benzene rings is 1. The fraction of sp³-hybridized carbons (Fsp3) is 0.300. The molecule has 3 rings (SSSR count). The summed E-state index contributed by atoms with van der Waals surface area (Å²) in [6.07, 6.45) is 5.24. The van der Waals surface area contributed by atoms with Gasteiger partial charge in [-0.2, -0.15) is 4.98 Å². The molecule has 1 atom stereocenters. The Labute approximate surface area is 157 Å². The molecule has 0 aliphatic heterocycles. The van der Waals surface area contributed by atoms with E-state index in [4.69, 9.17) is 0 Å². The highest BCUT2D eigenvalue weighted by Crippen LogP contribution is 2.26. The first-order chi connectivity index (χ1) is 12.7. The molecule has 0 fully saturated rings. The van der Waals surface area contributed by atoms with E-state index >= 15 is 0 Å². The van der Waals surface area contributed by atoms with Crippen LogP contribution in [0.2, 0.25) is 0 Å². The Bertz CT molecular complexity index is 860. The SMILES string of the molecule is CCN(CC)c1ccccc1C[S+]([O-])c1nccn1-c1ncccc1C. The topological polar surface area (TPSA) is 57.0 Å². The maximum atomic E-state index is 13.1. The van der Waals surface area contributed by atoms with Crippen LogP contribution < -0.4 is 4.90 Å². The summed E-state index contributed by atoms with van der Waals surface area (Å²) >= 11 is -1.27. The van der Waals surface area contributed by atoms with Gasteiger partial charge >= 0.3 is 5.16 Å². The van der Waals surface area contributed by atoms with Gasteiger partial charge < -0.3 is 9.45 Å². The van der Waals surface area contributed by atoms with Gasteiger partial charge in [-0.3, -0.25) is 0 Å². The van der Waals surface area contributed by atoms with Gasteiger partial charge in [0.15, 0.2) is 0 Å². The normalized spacial score (nSPS) is 12.2. The number of hydrogen-bond acceptors (Lipinski definition) is 4. The number of imidazole rings is 1. The van der Waals surface area contributed by atoms with Crippen LogP contribution in [0.4, 0.5) is 5.69 Å². The third-order valence-corrected chi connectivity index (χ3v) is 5.69. The lowest BCUT2D eigenvalue weighted by atomic mass is 10.2. The van der Waals surface area contributed by atoms with Crippen molar-refractivity contribution in [3.05, 3.63) is 66.1 Å². The Kier molecular flexibility index (Phi) is 5.96. The number of hydrogen-bond donors (Lipinski definition) is 0. The average molecular weight is 369 g/mol. The molecule has 1 aromatic carbocycles. The Balaban J connectivity index is 1.91. The van der Waals surface area contributed by atoms with Crippen LogP contribution in [0.3, 0.4) is 0 Å². The highest BCUT2D eigenvalue weighted by molar-refractivity contribution is 7.90. The number of rotatable bonds is 7. The molecule has 0 aliphatic carbocycles. The molecule has 0 radical (unpaired) electrons. The zero-order valence-corrected chi connectivity index (χ0v) is 16.2. The molecule has 0 N–H and O–H groups in total. The van der Waals surface area contributed by atoms with Gasteiger partial charge in [0.25, 0.3) is 0 Å². The molecule has 6 heteroatoms. The Morgan fingerprint density at radius 2 is 1.81 bits per heavy atom. The number of pyridine rings is 1. The van der Waals surface area contributed by atoms with Gasteiger partial charge in [0, 0.05) is 47.9 Å². The van der Waals surface area contributed by atoms with Gasteiger partial charge in [-0.1, -0.05) is 24.3 Å². The largest absolute Gasteiger partial charge is 0.609 e. The first-order valence-electron chi connectivity index (χ1n) is 8.82. The summed E-state index contributed by atoms with van der Waals surface area (Å²) in [6, 6.07) is 12.0. The van der Waals surface area contributed by atoms with Gasteiger partial charge in [-0.25, -0.2) is 9.55 Å². The van der Waals surface area contributed by atoms with Gasteiger partial charge in [0.2, 0.25) is 0 Å². The lowest BCUT2D eigenvalue weighted by Gasteiger charge is -2.24. The van der Waals surface area contributed by atoms with E-state index in [9.17, 15) is 4.55 Å². The summed E-state index contributed by atoms with van der Waals surface area (Å²) in [5.74, 6) is 1.20. The van der Waals surface area contributed by atoms with Crippen molar-refractivity contribution in [3.63, 3.8) is 0 Å². The lowest BCUT2D eigenvalue weighted by Crippen LogP contribution is -2.24. The Hall–Kier alpha value is -2.31. The zero-order valence-electron chi connectivity index (χ0n) is 15.4. The van der Waals surface area contributed by atoms with Crippen molar-refractivity contribution in [2.24, 2.45) is 0 Å². The second kappa shape index (κ2) is 8.38. The van der Waals surface area contributed by atoms with Crippen LogP contribution in [0.1, 0.15) is 25.0 Å². The predicted octanol–water partition coefficient (Wildman–Crippen LogP) is 3.73. The first-order valence-corrected chi connectivity index (χ1v) is 10.1. The molecule has 0 saturated carbocycles. The minimum Gasteiger partial charge on any atom is -0.609 e. The summed E-state index contributed by atoms with van der Waals surface area (Å²) in [5.41, 5.74) is 3.23. The molecule has 5 nitrogen and oxygen atoms in total. The van der Waals surface area contributed by atoms with Gasteiger partial charge in [0.05, 0.1) is 6.20 Å². The quantitative estimate of drug-likeness (QED) is 0.596. The molecule has 136 valence electrons. The third kappa shape index (κ3) is 3.76. The zero-order chi connectivity index (χ0) is 18.5. The van der Waals surface area contributed by atoms with Crippen LogP contribution in [0.5, 0.6) is 0 Å². The molecule has 0 amide bonds. The van der Waals surface area contributed by atoms with Crippen LogP contribution in [0, 0.1) is 6.92 Å². The monoisotopic (exact) mass is 368 g/mol. The highest BCUT2D eigenvalue weighted by Gasteiger charge is 2.23. The summed E-state index contributed by atoms with van der Waals surface area (Å²) in [5, 5.41) is 0.529. The van der Waals surface area contributed by atoms with Crippen molar-refractivity contribution in [1.29, 1.82) is 0 Å². The number of aromatic nitrogens is 3. The van der Waals surface area contributed by atoms with Crippen molar-refractivity contribution >= 4 is 16.9 Å². The summed E-state index contributed by atoms with van der Waals surface area (Å²) < 4.78 is 14.9. The van der Waals surface area contributed by atoms with E-state index in [1.807, 2.05) is 48.0 Å². The number of nitrogens with zero attached hydrogens (tertiary/aromatic N) is 4. The van der Waals surface area contributed by atoms with Crippen LogP contribution >= 0.6 is 0 Å². The van der Waals surface area contributed by atoms with E-state index in [0.29, 0.717) is 10.9 Å². The van der Waals surface area contributed by atoms with E-state index in [1.165, 1.54) is 0 Å². The molecule has 2 heterocycles. The van der Waals surface area contributed by atoms with Crippen LogP contribution in [-0.4, -0.2) is 32.2 Å². The second-order valence-corrected chi connectivity index (χ2v) is 7.36. The molecule has 26 heavy (non-hydrogen) atoms. The smallest absolute Gasteiger partial charge is 0.329 e. The average Bonchev–Trinajstić information content (AvgIpc) is 3.14. The van der Waals surface area contributed by atoms with Crippen LogP contribution in [0.25, 0.3) is 5.82 Å². The molecule has 2 aromatic heterocycles. The number of para-hydroxylation sites is 1. The summed E-state index contributed by atoms with van der Waals surface area (Å²) in [7, 11) is 0. The summed E-state index contributed by atoms with van der Waals surface area (Å²) in [6.45, 7) is 8.09. The molecular formula is C20H24N4OS. The molecule has 0 saturated heterocycles. The van der Waals surface area contributed by atoms with Crippen molar-refractivity contribution in [1.82, 2.24) is 14.5 Å². The van der Waals surface area contributed by atoms with E-state index in [0.717, 1.165) is 35.7 Å². The fourth-order valence-electron chi connectivity index (χ4n) is 3.06.